The van der Waals surface area contributed by atoms with Crippen LogP contribution in [0, 0.1) is 0 Å². The summed E-state index contributed by atoms with van der Waals surface area (Å²) in [6.45, 7) is 1.11. The van der Waals surface area contributed by atoms with E-state index >= 15 is 0 Å². The number of nitrogens with one attached hydrogen (secondary N) is 1. The Balaban J connectivity index is 2.48. The van der Waals surface area contributed by atoms with E-state index in [4.69, 9.17) is 5.73 Å². The highest BCUT2D eigenvalue weighted by Crippen LogP contribution is 1.83. The van der Waals surface area contributed by atoms with E-state index in [-0.39, 0.29) is 17.9 Å². The third kappa shape index (κ3) is 3.40. The molecule has 5 nitrogen and oxygen atoms in total. The van der Waals surface area contributed by atoms with Crippen molar-refractivity contribution >= 4 is 5.91 Å². The number of pyridine rings is 1. The molecule has 0 aromatic carbocycles. The quantitative estimate of drug-likeness (QED) is 0.641. The van der Waals surface area contributed by atoms with Crippen LogP contribution >= 0.6 is 0 Å². The van der Waals surface area contributed by atoms with E-state index in [1.165, 1.54) is 12.1 Å². The molecule has 0 bridgehead atoms. The van der Waals surface area contributed by atoms with Gasteiger partial charge in [0.1, 0.15) is 6.54 Å². The van der Waals surface area contributed by atoms with Gasteiger partial charge in [0.2, 0.25) is 5.91 Å². The number of hydrogen-bond acceptors (Lipinski definition) is 3. The molecule has 0 aliphatic heterocycles. The van der Waals surface area contributed by atoms with Crippen molar-refractivity contribution in [3.63, 3.8) is 0 Å². The standard InChI is InChI=1S/C9H13N3O2/c10-3-4-11-9(14)7-12-5-1-8(13)2-6-12/h1-2,5-6H,3-4,7,10H2,(H,11,14). The second-order valence-corrected chi connectivity index (χ2v) is 2.84. The number of carbonyl (C=O) groups is 1. The topological polar surface area (TPSA) is 77.1 Å². The monoisotopic (exact) mass is 195 g/mol. The lowest BCUT2D eigenvalue weighted by atomic mass is 10.4. The molecule has 0 saturated heterocycles. The van der Waals surface area contributed by atoms with Gasteiger partial charge in [-0.3, -0.25) is 9.59 Å². The van der Waals surface area contributed by atoms with Gasteiger partial charge >= 0.3 is 0 Å². The Morgan fingerprint density at radius 2 is 2.07 bits per heavy atom. The molecular weight excluding hydrogens is 182 g/mol. The van der Waals surface area contributed by atoms with Crippen LogP contribution in [0.2, 0.25) is 0 Å². The molecule has 1 rings (SSSR count). The molecule has 76 valence electrons. The zero-order valence-corrected chi connectivity index (χ0v) is 7.77. The summed E-state index contributed by atoms with van der Waals surface area (Å²) in [5.41, 5.74) is 5.16. The second-order valence-electron chi connectivity index (χ2n) is 2.84. The molecule has 1 aromatic rings. The Bertz CT molecular complexity index is 339. The van der Waals surface area contributed by atoms with Crippen molar-refractivity contribution in [2.45, 2.75) is 6.54 Å². The van der Waals surface area contributed by atoms with E-state index in [0.717, 1.165) is 0 Å². The van der Waals surface area contributed by atoms with E-state index in [1.54, 1.807) is 17.0 Å². The SMILES string of the molecule is NCCNC(=O)Cn1ccc(=O)cc1. The summed E-state index contributed by atoms with van der Waals surface area (Å²) >= 11 is 0. The minimum Gasteiger partial charge on any atom is -0.353 e. The van der Waals surface area contributed by atoms with Crippen LogP contribution in [0.5, 0.6) is 0 Å². The highest BCUT2D eigenvalue weighted by molar-refractivity contribution is 5.75. The lowest BCUT2D eigenvalue weighted by molar-refractivity contribution is -0.121. The van der Waals surface area contributed by atoms with E-state index in [2.05, 4.69) is 5.32 Å². The first-order chi connectivity index (χ1) is 6.72. The third-order valence-electron chi connectivity index (χ3n) is 1.65. The normalized spacial score (nSPS) is 9.79. The Hall–Kier alpha value is -1.62. The van der Waals surface area contributed by atoms with Crippen LogP contribution in [-0.4, -0.2) is 23.6 Å². The van der Waals surface area contributed by atoms with Gasteiger partial charge < -0.3 is 15.6 Å². The highest BCUT2D eigenvalue weighted by atomic mass is 16.2. The van der Waals surface area contributed by atoms with Crippen molar-refractivity contribution in [1.29, 1.82) is 0 Å². The fraction of sp³-hybridized carbons (Fsp3) is 0.333. The maximum Gasteiger partial charge on any atom is 0.239 e. The number of nitrogens with zero attached hydrogens (tertiary/aromatic N) is 1. The summed E-state index contributed by atoms with van der Waals surface area (Å²) in [5.74, 6) is -0.112. The van der Waals surface area contributed by atoms with Gasteiger partial charge in [0.25, 0.3) is 0 Å². The smallest absolute Gasteiger partial charge is 0.239 e. The maximum atomic E-state index is 11.2. The van der Waals surface area contributed by atoms with Gasteiger partial charge in [-0.1, -0.05) is 0 Å². The van der Waals surface area contributed by atoms with Crippen LogP contribution < -0.4 is 16.5 Å². The van der Waals surface area contributed by atoms with E-state index < -0.39 is 0 Å². The fourth-order valence-electron chi connectivity index (χ4n) is 0.982. The summed E-state index contributed by atoms with van der Waals surface area (Å²) in [6.07, 6.45) is 3.15. The zero-order chi connectivity index (χ0) is 10.4. The molecule has 1 heterocycles. The molecular formula is C9H13N3O2. The van der Waals surface area contributed by atoms with E-state index in [9.17, 15) is 9.59 Å². The third-order valence-corrected chi connectivity index (χ3v) is 1.65. The first-order valence-electron chi connectivity index (χ1n) is 4.35. The van der Waals surface area contributed by atoms with Crippen LogP contribution in [-0.2, 0) is 11.3 Å². The lowest BCUT2D eigenvalue weighted by Gasteiger charge is -2.05. The maximum absolute atomic E-state index is 11.2. The molecule has 1 aromatic heterocycles. The number of aromatic nitrogens is 1. The summed E-state index contributed by atoms with van der Waals surface area (Å²) < 4.78 is 1.63. The number of hydrogen-bond donors (Lipinski definition) is 2. The molecule has 14 heavy (non-hydrogen) atoms. The van der Waals surface area contributed by atoms with Gasteiger partial charge in [0.15, 0.2) is 5.43 Å². The molecule has 0 unspecified atom stereocenters. The Morgan fingerprint density at radius 1 is 1.43 bits per heavy atom. The first-order valence-corrected chi connectivity index (χ1v) is 4.35. The van der Waals surface area contributed by atoms with Crippen LogP contribution in [0.15, 0.2) is 29.3 Å². The number of carbonyl (C=O) groups excluding carboxylic acids is 1. The number of nitrogens with two attached hydrogens (primary N) is 1. The molecule has 0 aliphatic carbocycles. The molecule has 3 N–H and O–H groups in total. The molecule has 0 saturated carbocycles. The molecule has 0 radical (unpaired) electrons. The average Bonchev–Trinajstić information content (AvgIpc) is 2.18. The minimum atomic E-state index is -0.112. The van der Waals surface area contributed by atoms with Crippen molar-refractivity contribution in [3.05, 3.63) is 34.7 Å². The van der Waals surface area contributed by atoms with E-state index in [0.29, 0.717) is 13.1 Å². The summed E-state index contributed by atoms with van der Waals surface area (Å²) in [4.78, 5) is 21.9. The second kappa shape index (κ2) is 5.18. The molecule has 0 aliphatic rings. The van der Waals surface area contributed by atoms with Crippen LogP contribution in [0.3, 0.4) is 0 Å². The van der Waals surface area contributed by atoms with Crippen molar-refractivity contribution in [2.75, 3.05) is 13.1 Å². The summed E-state index contributed by atoms with van der Waals surface area (Å²) in [6, 6.07) is 2.83. The van der Waals surface area contributed by atoms with Gasteiger partial charge in [-0.15, -0.1) is 0 Å². The summed E-state index contributed by atoms with van der Waals surface area (Å²) in [7, 11) is 0. The Morgan fingerprint density at radius 3 is 2.64 bits per heavy atom. The van der Waals surface area contributed by atoms with Crippen molar-refractivity contribution in [1.82, 2.24) is 9.88 Å². The molecule has 0 atom stereocenters. The van der Waals surface area contributed by atoms with Gasteiger partial charge in [-0.05, 0) is 0 Å². The van der Waals surface area contributed by atoms with Crippen molar-refractivity contribution < 1.29 is 4.79 Å². The number of rotatable bonds is 4. The highest BCUT2D eigenvalue weighted by Gasteiger charge is 1.99. The van der Waals surface area contributed by atoms with Crippen molar-refractivity contribution in [3.8, 4) is 0 Å². The number of amides is 1. The molecule has 5 heteroatoms. The minimum absolute atomic E-state index is 0.0661. The van der Waals surface area contributed by atoms with Gasteiger partial charge in [0, 0.05) is 37.6 Å². The largest absolute Gasteiger partial charge is 0.353 e. The van der Waals surface area contributed by atoms with Gasteiger partial charge in [-0.2, -0.15) is 0 Å². The lowest BCUT2D eigenvalue weighted by Crippen LogP contribution is -2.31. The summed E-state index contributed by atoms with van der Waals surface area (Å²) in [5, 5.41) is 2.63. The van der Waals surface area contributed by atoms with Gasteiger partial charge in [0.05, 0.1) is 0 Å². The predicted molar refractivity (Wildman–Crippen MR) is 52.8 cm³/mol. The van der Waals surface area contributed by atoms with Crippen LogP contribution in [0.1, 0.15) is 0 Å². The van der Waals surface area contributed by atoms with Gasteiger partial charge in [-0.25, -0.2) is 0 Å². The predicted octanol–water partition coefficient (Wildman–Crippen LogP) is -1.08. The molecule has 0 fully saturated rings. The van der Waals surface area contributed by atoms with Crippen LogP contribution in [0.25, 0.3) is 0 Å². The molecule has 0 spiro atoms. The van der Waals surface area contributed by atoms with E-state index in [1.807, 2.05) is 0 Å². The average molecular weight is 195 g/mol. The van der Waals surface area contributed by atoms with Crippen LogP contribution in [0.4, 0.5) is 0 Å². The molecule has 1 amide bonds. The Labute approximate surface area is 81.5 Å². The zero-order valence-electron chi connectivity index (χ0n) is 7.77. The fourth-order valence-corrected chi connectivity index (χ4v) is 0.982. The Kier molecular flexibility index (Phi) is 3.87. The van der Waals surface area contributed by atoms with Crippen molar-refractivity contribution in [2.24, 2.45) is 5.73 Å². The first kappa shape index (κ1) is 10.5.